The van der Waals surface area contributed by atoms with Crippen molar-refractivity contribution in [3.63, 3.8) is 0 Å². The lowest BCUT2D eigenvalue weighted by molar-refractivity contribution is -0.00202. The minimum Gasteiger partial charge on any atom is -0.365 e. The summed E-state index contributed by atoms with van der Waals surface area (Å²) in [6, 6.07) is 16.7. The molecule has 0 bridgehead atoms. The molecular formula is C23H22ClN5O3. The Kier molecular flexibility index (Phi) is 5.63. The van der Waals surface area contributed by atoms with Crippen LogP contribution in [0.2, 0.25) is 5.02 Å². The van der Waals surface area contributed by atoms with Crippen LogP contribution in [0.15, 0.2) is 54.6 Å². The Morgan fingerprint density at radius 1 is 0.906 bits per heavy atom. The van der Waals surface area contributed by atoms with Crippen LogP contribution in [0.1, 0.15) is 38.2 Å². The summed E-state index contributed by atoms with van der Waals surface area (Å²) in [4.78, 5) is 29.2. The van der Waals surface area contributed by atoms with E-state index in [1.807, 2.05) is 42.5 Å². The van der Waals surface area contributed by atoms with Crippen LogP contribution in [-0.4, -0.2) is 62.8 Å². The molecule has 3 heterocycles. The smallest absolute Gasteiger partial charge is 0.276 e. The van der Waals surface area contributed by atoms with Gasteiger partial charge in [0.05, 0.1) is 18.8 Å². The molecule has 32 heavy (non-hydrogen) atoms. The number of benzene rings is 2. The van der Waals surface area contributed by atoms with Gasteiger partial charge in [0.15, 0.2) is 5.69 Å². The fraction of sp³-hybridized carbons (Fsp3) is 0.304. The summed E-state index contributed by atoms with van der Waals surface area (Å²) < 4.78 is 7.74. The van der Waals surface area contributed by atoms with Gasteiger partial charge in [-0.2, -0.15) is 0 Å². The molecule has 1 saturated heterocycles. The number of hydrogen-bond donors (Lipinski definition) is 0. The Morgan fingerprint density at radius 3 is 2.25 bits per heavy atom. The molecule has 0 saturated carbocycles. The summed E-state index contributed by atoms with van der Waals surface area (Å²) in [7, 11) is 0. The van der Waals surface area contributed by atoms with Gasteiger partial charge >= 0.3 is 0 Å². The van der Waals surface area contributed by atoms with E-state index in [9.17, 15) is 9.59 Å². The van der Waals surface area contributed by atoms with Crippen LogP contribution >= 0.6 is 11.6 Å². The van der Waals surface area contributed by atoms with E-state index in [2.05, 4.69) is 10.3 Å². The highest BCUT2D eigenvalue weighted by atomic mass is 35.5. The first-order valence-electron chi connectivity index (χ1n) is 10.5. The van der Waals surface area contributed by atoms with Crippen molar-refractivity contribution in [2.75, 3.05) is 26.2 Å². The largest absolute Gasteiger partial charge is 0.365 e. The number of fused-ring (bicyclic) bond motifs is 1. The Bertz CT molecular complexity index is 1120. The summed E-state index contributed by atoms with van der Waals surface area (Å²) in [5.74, 6) is -0.188. The fourth-order valence-corrected chi connectivity index (χ4v) is 4.21. The zero-order valence-electron chi connectivity index (χ0n) is 17.4. The molecule has 2 aliphatic heterocycles. The topological polar surface area (TPSA) is 80.6 Å². The lowest BCUT2D eigenvalue weighted by Crippen LogP contribution is -2.50. The number of carbonyl (C=O) groups excluding carboxylic acids is 2. The van der Waals surface area contributed by atoms with Crippen molar-refractivity contribution in [3.05, 3.63) is 82.1 Å². The average molecular weight is 452 g/mol. The van der Waals surface area contributed by atoms with Gasteiger partial charge in [-0.25, -0.2) is 4.68 Å². The second kappa shape index (κ2) is 8.72. The van der Waals surface area contributed by atoms with E-state index in [1.54, 1.807) is 26.6 Å². The van der Waals surface area contributed by atoms with Crippen molar-refractivity contribution in [1.82, 2.24) is 24.8 Å². The first kappa shape index (κ1) is 20.7. The van der Waals surface area contributed by atoms with Gasteiger partial charge in [-0.1, -0.05) is 47.1 Å². The standard InChI is InChI=1S/C23H22ClN5O3/c24-18-8-6-16(7-9-18)20-14-29-19(15-32-20)21(25-26-29)23(31)28-12-10-27(11-13-28)22(30)17-4-2-1-3-5-17/h1-9,20H,10-15H2. The number of nitrogens with zero attached hydrogens (tertiary/aromatic N) is 5. The van der Waals surface area contributed by atoms with Gasteiger partial charge in [0.25, 0.3) is 11.8 Å². The molecule has 0 N–H and O–H groups in total. The quantitative estimate of drug-likeness (QED) is 0.611. The van der Waals surface area contributed by atoms with E-state index in [-0.39, 0.29) is 24.5 Å². The molecule has 1 fully saturated rings. The van der Waals surface area contributed by atoms with Crippen LogP contribution < -0.4 is 0 Å². The van der Waals surface area contributed by atoms with Crippen LogP contribution in [0.3, 0.4) is 0 Å². The third kappa shape index (κ3) is 3.99. The summed E-state index contributed by atoms with van der Waals surface area (Å²) in [5, 5.41) is 9.03. The maximum atomic E-state index is 13.1. The van der Waals surface area contributed by atoms with Gasteiger partial charge in [0.2, 0.25) is 0 Å². The van der Waals surface area contributed by atoms with E-state index in [4.69, 9.17) is 16.3 Å². The third-order valence-corrected chi connectivity index (χ3v) is 6.17. The van der Waals surface area contributed by atoms with E-state index in [0.717, 1.165) is 5.56 Å². The van der Waals surface area contributed by atoms with Crippen molar-refractivity contribution in [1.29, 1.82) is 0 Å². The summed E-state index contributed by atoms with van der Waals surface area (Å²) in [6.07, 6.45) is -0.169. The number of rotatable bonds is 3. The van der Waals surface area contributed by atoms with Crippen molar-refractivity contribution < 1.29 is 14.3 Å². The molecular weight excluding hydrogens is 430 g/mol. The molecule has 5 rings (SSSR count). The maximum absolute atomic E-state index is 13.1. The Morgan fingerprint density at radius 2 is 1.56 bits per heavy atom. The molecule has 2 amide bonds. The summed E-state index contributed by atoms with van der Waals surface area (Å²) in [6.45, 7) is 2.62. The number of halogens is 1. The Hall–Kier alpha value is -3.23. The number of ether oxygens (including phenoxy) is 1. The molecule has 0 aliphatic carbocycles. The second-order valence-corrected chi connectivity index (χ2v) is 8.30. The van der Waals surface area contributed by atoms with Crippen molar-refractivity contribution in [2.45, 2.75) is 19.3 Å². The van der Waals surface area contributed by atoms with Gasteiger partial charge in [0, 0.05) is 36.8 Å². The van der Waals surface area contributed by atoms with E-state index in [0.29, 0.717) is 54.7 Å². The van der Waals surface area contributed by atoms with E-state index in [1.165, 1.54) is 0 Å². The average Bonchev–Trinajstić information content (AvgIpc) is 3.27. The predicted octanol–water partition coefficient (Wildman–Crippen LogP) is 2.80. The van der Waals surface area contributed by atoms with Gasteiger partial charge < -0.3 is 14.5 Å². The fourth-order valence-electron chi connectivity index (χ4n) is 4.08. The molecule has 8 nitrogen and oxygen atoms in total. The maximum Gasteiger partial charge on any atom is 0.276 e. The van der Waals surface area contributed by atoms with Gasteiger partial charge in [0.1, 0.15) is 6.10 Å². The first-order valence-corrected chi connectivity index (χ1v) is 10.9. The minimum atomic E-state index is -0.174. The molecule has 1 atom stereocenters. The van der Waals surface area contributed by atoms with Crippen LogP contribution in [0, 0.1) is 0 Å². The van der Waals surface area contributed by atoms with Gasteiger partial charge in [-0.15, -0.1) is 5.10 Å². The minimum absolute atomic E-state index is 0.0135. The zero-order valence-corrected chi connectivity index (χ0v) is 18.1. The zero-order chi connectivity index (χ0) is 22.1. The highest BCUT2D eigenvalue weighted by Gasteiger charge is 2.32. The SMILES string of the molecule is O=C(c1ccccc1)N1CCN(C(=O)c2nnn3c2COC(c2ccc(Cl)cc2)C3)CC1. The number of hydrogen-bond acceptors (Lipinski definition) is 5. The van der Waals surface area contributed by atoms with Crippen LogP contribution in [-0.2, 0) is 17.9 Å². The molecule has 0 spiro atoms. The van der Waals surface area contributed by atoms with Crippen molar-refractivity contribution in [2.24, 2.45) is 0 Å². The highest BCUT2D eigenvalue weighted by molar-refractivity contribution is 6.30. The number of amides is 2. The van der Waals surface area contributed by atoms with Crippen LogP contribution in [0.5, 0.6) is 0 Å². The number of carbonyl (C=O) groups is 2. The first-order chi connectivity index (χ1) is 15.6. The monoisotopic (exact) mass is 451 g/mol. The second-order valence-electron chi connectivity index (χ2n) is 7.87. The summed E-state index contributed by atoms with van der Waals surface area (Å²) >= 11 is 5.97. The van der Waals surface area contributed by atoms with Gasteiger partial charge in [-0.3, -0.25) is 9.59 Å². The highest BCUT2D eigenvalue weighted by Crippen LogP contribution is 2.28. The van der Waals surface area contributed by atoms with E-state index < -0.39 is 0 Å². The van der Waals surface area contributed by atoms with Gasteiger partial charge in [-0.05, 0) is 29.8 Å². The molecule has 1 unspecified atom stereocenters. The third-order valence-electron chi connectivity index (χ3n) is 5.92. The molecule has 3 aromatic rings. The lowest BCUT2D eigenvalue weighted by atomic mass is 10.1. The van der Waals surface area contributed by atoms with Crippen molar-refractivity contribution in [3.8, 4) is 0 Å². The number of piperazine rings is 1. The normalized spacial score (nSPS) is 18.3. The van der Waals surface area contributed by atoms with Crippen molar-refractivity contribution >= 4 is 23.4 Å². The molecule has 2 aliphatic rings. The Labute approximate surface area is 190 Å². The molecule has 164 valence electrons. The van der Waals surface area contributed by atoms with E-state index >= 15 is 0 Å². The lowest BCUT2D eigenvalue weighted by Gasteiger charge is -2.34. The predicted molar refractivity (Wildman–Crippen MR) is 117 cm³/mol. The number of aromatic nitrogens is 3. The molecule has 2 aromatic carbocycles. The van der Waals surface area contributed by atoms with Crippen LogP contribution in [0.25, 0.3) is 0 Å². The molecule has 9 heteroatoms. The Balaban J connectivity index is 1.23. The molecule has 0 radical (unpaired) electrons. The molecule has 1 aromatic heterocycles. The van der Waals surface area contributed by atoms with Crippen LogP contribution in [0.4, 0.5) is 0 Å². The summed E-state index contributed by atoms with van der Waals surface area (Å²) in [5.41, 5.74) is 2.67.